The Kier molecular flexibility index (Phi) is 4.24. The summed E-state index contributed by atoms with van der Waals surface area (Å²) < 4.78 is 1.39. The highest BCUT2D eigenvalue weighted by atomic mass is 127. The van der Waals surface area contributed by atoms with E-state index in [2.05, 4.69) is 96.8 Å². The van der Waals surface area contributed by atoms with E-state index in [9.17, 15) is 0 Å². The van der Waals surface area contributed by atoms with Gasteiger partial charge in [0.2, 0.25) is 0 Å². The van der Waals surface area contributed by atoms with Crippen molar-refractivity contribution in [3.63, 3.8) is 0 Å². The van der Waals surface area contributed by atoms with Crippen molar-refractivity contribution in [1.82, 2.24) is 4.90 Å². The van der Waals surface area contributed by atoms with E-state index in [1.54, 1.807) is 5.56 Å². The maximum atomic E-state index is 2.64. The van der Waals surface area contributed by atoms with E-state index in [1.165, 1.54) is 27.8 Å². The van der Waals surface area contributed by atoms with Crippen LogP contribution in [0.1, 0.15) is 43.4 Å². The summed E-state index contributed by atoms with van der Waals surface area (Å²) in [6.45, 7) is 10.6. The largest absolute Gasteiger partial charge is 0.298 e. The molecule has 1 aliphatic heterocycles. The normalized spacial score (nSPS) is 26.4. The molecule has 0 aromatic heterocycles. The molecule has 1 saturated carbocycles. The van der Waals surface area contributed by atoms with Crippen LogP contribution in [0.3, 0.4) is 0 Å². The van der Waals surface area contributed by atoms with Crippen molar-refractivity contribution in [3.05, 3.63) is 68.8 Å². The van der Waals surface area contributed by atoms with Gasteiger partial charge in [-0.2, -0.15) is 0 Å². The highest BCUT2D eigenvalue weighted by Gasteiger charge is 2.56. The maximum absolute atomic E-state index is 2.64. The third kappa shape index (κ3) is 3.28. The van der Waals surface area contributed by atoms with E-state index in [1.807, 2.05) is 0 Å². The molecule has 2 fully saturated rings. The number of fused-ring (bicyclic) bond motifs is 1. The Morgan fingerprint density at radius 3 is 2.29 bits per heavy atom. The van der Waals surface area contributed by atoms with Gasteiger partial charge in [0, 0.05) is 23.2 Å². The molecule has 0 N–H and O–H groups in total. The van der Waals surface area contributed by atoms with Crippen molar-refractivity contribution < 1.29 is 0 Å². The van der Waals surface area contributed by atoms with Crippen LogP contribution >= 0.6 is 22.6 Å². The fraction of sp³-hybridized carbons (Fsp3) is 0.455. The van der Waals surface area contributed by atoms with E-state index < -0.39 is 0 Å². The number of halogens is 1. The van der Waals surface area contributed by atoms with Crippen LogP contribution in [0.15, 0.2) is 48.5 Å². The van der Waals surface area contributed by atoms with Gasteiger partial charge >= 0.3 is 0 Å². The molecule has 0 bridgehead atoms. The summed E-state index contributed by atoms with van der Waals surface area (Å²) >= 11 is 2.49. The molecule has 2 aliphatic rings. The molecule has 1 aliphatic carbocycles. The van der Waals surface area contributed by atoms with E-state index in [0.717, 1.165) is 24.3 Å². The standard InChI is InChI=1S/C22H26IN/c1-22(2,3)17-9-16(10-18(23)11-17)21-19-13-24(14-20(19)21)12-15-7-5-4-6-8-15/h4-11,19-21H,12-14H2,1-3H3/t19-,20+,21?. The second kappa shape index (κ2) is 6.14. The number of hydrogen-bond acceptors (Lipinski definition) is 1. The van der Waals surface area contributed by atoms with Gasteiger partial charge in [-0.05, 0) is 74.6 Å². The molecule has 0 radical (unpaired) electrons. The van der Waals surface area contributed by atoms with E-state index in [-0.39, 0.29) is 5.41 Å². The second-order valence-electron chi connectivity index (χ2n) is 8.56. The van der Waals surface area contributed by atoms with Crippen LogP contribution in [-0.2, 0) is 12.0 Å². The Morgan fingerprint density at radius 2 is 1.67 bits per heavy atom. The van der Waals surface area contributed by atoms with E-state index in [4.69, 9.17) is 0 Å². The Bertz CT molecular complexity index is 719. The lowest BCUT2D eigenvalue weighted by Gasteiger charge is -2.22. The van der Waals surface area contributed by atoms with Gasteiger partial charge in [-0.1, -0.05) is 57.2 Å². The number of nitrogens with zero attached hydrogens (tertiary/aromatic N) is 1. The highest BCUT2D eigenvalue weighted by Crippen LogP contribution is 2.58. The molecule has 1 nitrogen and oxygen atoms in total. The number of rotatable bonds is 3. The third-order valence-corrected chi connectivity index (χ3v) is 6.31. The SMILES string of the molecule is CC(C)(C)c1cc(I)cc(C2[C@H]3CN(Cc4ccccc4)C[C@@H]23)c1. The van der Waals surface area contributed by atoms with Crippen LogP contribution in [0.25, 0.3) is 0 Å². The molecule has 2 aromatic carbocycles. The van der Waals surface area contributed by atoms with Crippen LogP contribution in [0, 0.1) is 15.4 Å². The van der Waals surface area contributed by atoms with E-state index in [0.29, 0.717) is 0 Å². The summed E-state index contributed by atoms with van der Waals surface area (Å²) in [5, 5.41) is 0. The lowest BCUT2D eigenvalue weighted by Crippen LogP contribution is -2.23. The van der Waals surface area contributed by atoms with Crippen LogP contribution in [0.2, 0.25) is 0 Å². The minimum atomic E-state index is 0.235. The summed E-state index contributed by atoms with van der Waals surface area (Å²) in [6.07, 6.45) is 0. The van der Waals surface area contributed by atoms with Crippen LogP contribution < -0.4 is 0 Å². The first-order chi connectivity index (χ1) is 11.4. The Hall–Kier alpha value is -0.870. The number of benzene rings is 2. The molecule has 24 heavy (non-hydrogen) atoms. The number of hydrogen-bond donors (Lipinski definition) is 0. The zero-order valence-corrected chi connectivity index (χ0v) is 17.0. The van der Waals surface area contributed by atoms with Crippen LogP contribution in [-0.4, -0.2) is 18.0 Å². The van der Waals surface area contributed by atoms with Crippen molar-refractivity contribution in [2.75, 3.05) is 13.1 Å². The van der Waals surface area contributed by atoms with Crippen molar-refractivity contribution in [3.8, 4) is 0 Å². The van der Waals surface area contributed by atoms with Gasteiger partial charge in [0.25, 0.3) is 0 Å². The molecule has 3 atom stereocenters. The predicted octanol–water partition coefficient (Wildman–Crippen LogP) is 5.43. The molecule has 1 heterocycles. The second-order valence-corrected chi connectivity index (χ2v) is 9.80. The van der Waals surface area contributed by atoms with Crippen molar-refractivity contribution in [1.29, 1.82) is 0 Å². The number of likely N-dealkylation sites (tertiary alicyclic amines) is 1. The molecule has 2 heteroatoms. The smallest absolute Gasteiger partial charge is 0.0233 e. The molecule has 0 amide bonds. The zero-order chi connectivity index (χ0) is 16.9. The minimum Gasteiger partial charge on any atom is -0.298 e. The number of piperidine rings is 1. The van der Waals surface area contributed by atoms with Gasteiger partial charge in [0.15, 0.2) is 0 Å². The average Bonchev–Trinajstić information content (AvgIpc) is 3.03. The summed E-state index contributed by atoms with van der Waals surface area (Å²) in [6, 6.07) is 18.1. The van der Waals surface area contributed by atoms with Gasteiger partial charge in [0.1, 0.15) is 0 Å². The summed E-state index contributed by atoms with van der Waals surface area (Å²) in [5.41, 5.74) is 4.75. The molecule has 0 spiro atoms. The topological polar surface area (TPSA) is 3.24 Å². The summed E-state index contributed by atoms with van der Waals surface area (Å²) in [4.78, 5) is 2.64. The third-order valence-electron chi connectivity index (χ3n) is 5.69. The first kappa shape index (κ1) is 16.6. The fourth-order valence-corrected chi connectivity index (χ4v) is 5.01. The lowest BCUT2D eigenvalue weighted by molar-refractivity contribution is 0.290. The Morgan fingerprint density at radius 1 is 1.00 bits per heavy atom. The average molecular weight is 431 g/mol. The van der Waals surface area contributed by atoms with Crippen molar-refractivity contribution >= 4 is 22.6 Å². The zero-order valence-electron chi connectivity index (χ0n) is 14.8. The molecular formula is C22H26IN. The first-order valence-corrected chi connectivity index (χ1v) is 10.1. The quantitative estimate of drug-likeness (QED) is 0.586. The fourth-order valence-electron chi connectivity index (χ4n) is 4.32. The lowest BCUT2D eigenvalue weighted by atomic mass is 9.85. The Labute approximate surface area is 159 Å². The molecule has 1 unspecified atom stereocenters. The Balaban J connectivity index is 1.44. The molecule has 1 saturated heterocycles. The van der Waals surface area contributed by atoms with Crippen molar-refractivity contribution in [2.24, 2.45) is 11.8 Å². The summed E-state index contributed by atoms with van der Waals surface area (Å²) in [7, 11) is 0. The first-order valence-electron chi connectivity index (χ1n) is 8.99. The maximum Gasteiger partial charge on any atom is 0.0233 e. The monoisotopic (exact) mass is 431 g/mol. The van der Waals surface area contributed by atoms with Gasteiger partial charge < -0.3 is 0 Å². The molecular weight excluding hydrogens is 405 g/mol. The van der Waals surface area contributed by atoms with E-state index >= 15 is 0 Å². The van der Waals surface area contributed by atoms with Gasteiger partial charge in [-0.15, -0.1) is 0 Å². The van der Waals surface area contributed by atoms with Crippen LogP contribution in [0.5, 0.6) is 0 Å². The van der Waals surface area contributed by atoms with Gasteiger partial charge in [-0.25, -0.2) is 0 Å². The predicted molar refractivity (Wildman–Crippen MR) is 109 cm³/mol. The molecule has 126 valence electrons. The molecule has 2 aromatic rings. The van der Waals surface area contributed by atoms with Crippen LogP contribution in [0.4, 0.5) is 0 Å². The van der Waals surface area contributed by atoms with Gasteiger partial charge in [-0.3, -0.25) is 4.90 Å². The van der Waals surface area contributed by atoms with Gasteiger partial charge in [0.05, 0.1) is 0 Å². The summed E-state index contributed by atoms with van der Waals surface area (Å²) in [5.74, 6) is 2.55. The molecule has 4 rings (SSSR count). The highest BCUT2D eigenvalue weighted by molar-refractivity contribution is 14.1. The minimum absolute atomic E-state index is 0.235. The van der Waals surface area contributed by atoms with Crippen molar-refractivity contribution in [2.45, 2.75) is 38.6 Å².